The van der Waals surface area contributed by atoms with Gasteiger partial charge in [0.05, 0.1) is 12.5 Å². The first kappa shape index (κ1) is 25.0. The molecule has 1 fully saturated rings. The Bertz CT molecular complexity index is 1010. The van der Waals surface area contributed by atoms with Gasteiger partial charge >= 0.3 is 5.97 Å². The molecule has 34 heavy (non-hydrogen) atoms. The molecule has 0 aromatic heterocycles. The number of hydrogen-bond donors (Lipinski definition) is 2. The molecule has 2 aromatic carbocycles. The summed E-state index contributed by atoms with van der Waals surface area (Å²) in [4.78, 5) is 51.4. The van der Waals surface area contributed by atoms with Gasteiger partial charge in [0.1, 0.15) is 25.2 Å². The van der Waals surface area contributed by atoms with Crippen molar-refractivity contribution in [2.24, 2.45) is 5.92 Å². The number of rotatable bonds is 10. The van der Waals surface area contributed by atoms with Crippen molar-refractivity contribution >= 4 is 23.7 Å². The Balaban J connectivity index is 1.52. The summed E-state index contributed by atoms with van der Waals surface area (Å²) in [6.45, 7) is 5.10. The molecular formula is C26H31N3O5. The van der Waals surface area contributed by atoms with Gasteiger partial charge in [-0.3, -0.25) is 14.4 Å². The number of esters is 1. The maximum atomic E-state index is 12.8. The van der Waals surface area contributed by atoms with E-state index in [-0.39, 0.29) is 31.0 Å². The molecule has 8 heteroatoms. The second-order valence-electron chi connectivity index (χ2n) is 8.77. The second kappa shape index (κ2) is 11.4. The van der Waals surface area contributed by atoms with Crippen LogP contribution in [0.2, 0.25) is 0 Å². The molecule has 2 N–H and O–H groups in total. The van der Waals surface area contributed by atoms with E-state index >= 15 is 0 Å². The van der Waals surface area contributed by atoms with Gasteiger partial charge in [-0.1, -0.05) is 74.5 Å². The van der Waals surface area contributed by atoms with E-state index in [4.69, 9.17) is 4.74 Å². The maximum Gasteiger partial charge on any atom is 0.328 e. The Kier molecular flexibility index (Phi) is 8.40. The normalized spacial score (nSPS) is 16.9. The summed E-state index contributed by atoms with van der Waals surface area (Å²) in [5.74, 6) is -1.81. The zero-order chi connectivity index (χ0) is 24.7. The fraction of sp³-hybridized carbons (Fsp3) is 0.385. The van der Waals surface area contributed by atoms with Crippen molar-refractivity contribution in [1.82, 2.24) is 15.5 Å². The predicted octanol–water partition coefficient (Wildman–Crippen LogP) is 2.35. The van der Waals surface area contributed by atoms with Gasteiger partial charge in [-0.15, -0.1) is 0 Å². The van der Waals surface area contributed by atoms with Crippen LogP contribution in [0.5, 0.6) is 0 Å². The van der Waals surface area contributed by atoms with Crippen LogP contribution in [0.15, 0.2) is 60.7 Å². The Morgan fingerprint density at radius 3 is 2.18 bits per heavy atom. The number of carbonyl (C=O) groups excluding carboxylic acids is 4. The number of nitrogens with one attached hydrogen (secondary N) is 2. The van der Waals surface area contributed by atoms with Gasteiger partial charge in [0.15, 0.2) is 0 Å². The van der Waals surface area contributed by atoms with Crippen LogP contribution in [-0.2, 0) is 30.5 Å². The van der Waals surface area contributed by atoms with Gasteiger partial charge in [-0.25, -0.2) is 4.79 Å². The van der Waals surface area contributed by atoms with E-state index < -0.39 is 29.9 Å². The van der Waals surface area contributed by atoms with Gasteiger partial charge in [-0.2, -0.15) is 0 Å². The Morgan fingerprint density at radius 1 is 0.971 bits per heavy atom. The first-order valence-electron chi connectivity index (χ1n) is 11.4. The molecule has 0 bridgehead atoms. The lowest BCUT2D eigenvalue weighted by molar-refractivity contribution is -0.151. The van der Waals surface area contributed by atoms with Gasteiger partial charge < -0.3 is 20.3 Å². The third kappa shape index (κ3) is 6.43. The highest BCUT2D eigenvalue weighted by Crippen LogP contribution is 2.33. The minimum Gasteiger partial charge on any atom is -0.459 e. The summed E-state index contributed by atoms with van der Waals surface area (Å²) in [7, 11) is 0. The van der Waals surface area contributed by atoms with Crippen molar-refractivity contribution in [2.75, 3.05) is 6.54 Å². The van der Waals surface area contributed by atoms with Gasteiger partial charge in [-0.05, 0) is 24.0 Å². The van der Waals surface area contributed by atoms with E-state index in [1.807, 2.05) is 60.7 Å². The molecule has 1 aliphatic rings. The smallest absolute Gasteiger partial charge is 0.328 e. The summed E-state index contributed by atoms with van der Waals surface area (Å²) >= 11 is 0. The number of likely N-dealkylation sites (tertiary alicyclic amines) is 1. The van der Waals surface area contributed by atoms with E-state index in [0.29, 0.717) is 6.42 Å². The van der Waals surface area contributed by atoms with Crippen LogP contribution in [-0.4, -0.2) is 47.2 Å². The molecule has 8 nitrogen and oxygen atoms in total. The highest BCUT2D eigenvalue weighted by molar-refractivity contribution is 5.93. The lowest BCUT2D eigenvalue weighted by Gasteiger charge is -2.40. The molecule has 180 valence electrons. The van der Waals surface area contributed by atoms with Crippen molar-refractivity contribution in [3.8, 4) is 0 Å². The van der Waals surface area contributed by atoms with Crippen LogP contribution in [0.1, 0.15) is 44.4 Å². The molecule has 0 radical (unpaired) electrons. The zero-order valence-corrected chi connectivity index (χ0v) is 19.7. The van der Waals surface area contributed by atoms with Gasteiger partial charge in [0.2, 0.25) is 17.7 Å². The number of ether oxygens (including phenoxy) is 1. The molecular weight excluding hydrogens is 434 g/mol. The van der Waals surface area contributed by atoms with E-state index in [1.54, 1.807) is 13.8 Å². The highest BCUT2D eigenvalue weighted by Gasteiger charge is 2.38. The minimum atomic E-state index is -0.881. The van der Waals surface area contributed by atoms with E-state index in [9.17, 15) is 19.2 Å². The lowest BCUT2D eigenvalue weighted by Crippen LogP contribution is -2.56. The Labute approximate surface area is 199 Å². The predicted molar refractivity (Wildman–Crippen MR) is 126 cm³/mol. The molecule has 1 heterocycles. The zero-order valence-electron chi connectivity index (χ0n) is 19.7. The fourth-order valence-corrected chi connectivity index (χ4v) is 3.75. The highest BCUT2D eigenvalue weighted by atomic mass is 16.5. The summed E-state index contributed by atoms with van der Waals surface area (Å²) in [5.41, 5.74) is 1.81. The molecule has 0 spiro atoms. The Hall–Kier alpha value is -3.68. The standard InChI is InChI=1S/C26H31N3O5/c1-17(2)24(25(32)27-18(3)26(33)34-16-19-10-6-4-7-11-19)28-22(30)15-29-21(14-23(29)31)20-12-8-5-9-13-20/h4-13,17-18,21,24H,14-16H2,1-3H3,(H,27,32)(H,28,30)/t18-,21?,24-/m0/s1. The number of carbonyl (C=O) groups is 4. The van der Waals surface area contributed by atoms with E-state index in [0.717, 1.165) is 11.1 Å². The number of nitrogens with zero attached hydrogens (tertiary/aromatic N) is 1. The third-order valence-electron chi connectivity index (χ3n) is 5.76. The van der Waals surface area contributed by atoms with Crippen molar-refractivity contribution in [3.63, 3.8) is 0 Å². The Morgan fingerprint density at radius 2 is 1.59 bits per heavy atom. The number of amides is 3. The van der Waals surface area contributed by atoms with Crippen molar-refractivity contribution < 1.29 is 23.9 Å². The SMILES string of the molecule is CC(C)[C@H](NC(=O)CN1C(=O)CC1c1ccccc1)C(=O)N[C@@H](C)C(=O)OCc1ccccc1. The average Bonchev–Trinajstić information content (AvgIpc) is 2.83. The first-order valence-corrected chi connectivity index (χ1v) is 11.4. The lowest BCUT2D eigenvalue weighted by atomic mass is 9.94. The molecule has 3 atom stereocenters. The molecule has 3 amide bonds. The number of β-lactam (4-membered cyclic amide) rings is 1. The number of hydrogen-bond acceptors (Lipinski definition) is 5. The van der Waals surface area contributed by atoms with Crippen molar-refractivity contribution in [2.45, 2.75) is 51.9 Å². The van der Waals surface area contributed by atoms with E-state index in [1.165, 1.54) is 11.8 Å². The molecule has 0 saturated carbocycles. The van der Waals surface area contributed by atoms with Crippen LogP contribution in [0.25, 0.3) is 0 Å². The summed E-state index contributed by atoms with van der Waals surface area (Å²) in [6.07, 6.45) is 0.355. The maximum absolute atomic E-state index is 12.8. The molecule has 0 aliphatic carbocycles. The van der Waals surface area contributed by atoms with Crippen LogP contribution >= 0.6 is 0 Å². The first-order chi connectivity index (χ1) is 16.3. The summed E-state index contributed by atoms with van der Waals surface area (Å²) in [6, 6.07) is 16.9. The van der Waals surface area contributed by atoms with Crippen LogP contribution in [0, 0.1) is 5.92 Å². The quantitative estimate of drug-likeness (QED) is 0.414. The second-order valence-corrected chi connectivity index (χ2v) is 8.77. The minimum absolute atomic E-state index is 0.107. The fourth-order valence-electron chi connectivity index (χ4n) is 3.75. The molecule has 3 rings (SSSR count). The molecule has 1 aliphatic heterocycles. The molecule has 1 unspecified atom stereocenters. The molecule has 1 saturated heterocycles. The van der Waals surface area contributed by atoms with Crippen LogP contribution in [0.3, 0.4) is 0 Å². The van der Waals surface area contributed by atoms with Gasteiger partial charge in [0, 0.05) is 0 Å². The topological polar surface area (TPSA) is 105 Å². The molecule has 2 aromatic rings. The third-order valence-corrected chi connectivity index (χ3v) is 5.76. The van der Waals surface area contributed by atoms with Crippen LogP contribution in [0.4, 0.5) is 0 Å². The summed E-state index contributed by atoms with van der Waals surface area (Å²) < 4.78 is 5.27. The largest absolute Gasteiger partial charge is 0.459 e. The number of benzene rings is 2. The average molecular weight is 466 g/mol. The van der Waals surface area contributed by atoms with Crippen molar-refractivity contribution in [3.05, 3.63) is 71.8 Å². The van der Waals surface area contributed by atoms with Gasteiger partial charge in [0.25, 0.3) is 0 Å². The summed E-state index contributed by atoms with van der Waals surface area (Å²) in [5, 5.41) is 5.33. The van der Waals surface area contributed by atoms with Crippen LogP contribution < -0.4 is 10.6 Å². The van der Waals surface area contributed by atoms with Crippen molar-refractivity contribution in [1.29, 1.82) is 0 Å². The monoisotopic (exact) mass is 465 g/mol. The van der Waals surface area contributed by atoms with E-state index in [2.05, 4.69) is 10.6 Å².